The molecule has 0 fully saturated rings. The zero-order chi connectivity index (χ0) is 14.8. The first-order valence-electron chi connectivity index (χ1n) is 6.25. The topological polar surface area (TPSA) is 107 Å². The van der Waals surface area contributed by atoms with Crippen molar-refractivity contribution in [1.29, 1.82) is 0 Å². The van der Waals surface area contributed by atoms with E-state index in [1.807, 2.05) is 0 Å². The van der Waals surface area contributed by atoms with Crippen LogP contribution < -0.4 is 16.2 Å². The van der Waals surface area contributed by atoms with Gasteiger partial charge in [-0.25, -0.2) is 17.9 Å². The Balaban J connectivity index is 2.26. The van der Waals surface area contributed by atoms with Gasteiger partial charge in [0.25, 0.3) is 0 Å². The van der Waals surface area contributed by atoms with Crippen molar-refractivity contribution in [3.8, 4) is 0 Å². The van der Waals surface area contributed by atoms with Gasteiger partial charge in [0.05, 0.1) is 10.4 Å². The number of hydrogen-bond acceptors (Lipinski definition) is 5. The van der Waals surface area contributed by atoms with Crippen LogP contribution >= 0.6 is 0 Å². The molecule has 110 valence electrons. The number of hydrogen-bond donors (Lipinski definition) is 2. The molecule has 0 aliphatic carbocycles. The minimum atomic E-state index is -3.60. The number of oxazole rings is 1. The molecule has 0 bridgehead atoms. The fourth-order valence-corrected chi connectivity index (χ4v) is 2.93. The normalized spacial score (nSPS) is 12.1. The van der Waals surface area contributed by atoms with Crippen molar-refractivity contribution in [3.05, 3.63) is 28.7 Å². The van der Waals surface area contributed by atoms with Crippen LogP contribution in [0.1, 0.15) is 12.8 Å². The van der Waals surface area contributed by atoms with Crippen LogP contribution in [0, 0.1) is 0 Å². The van der Waals surface area contributed by atoms with Crippen LogP contribution in [-0.4, -0.2) is 26.1 Å². The summed E-state index contributed by atoms with van der Waals surface area (Å²) in [7, 11) is -2.04. The number of benzene rings is 1. The summed E-state index contributed by atoms with van der Waals surface area (Å²) in [5.74, 6) is -0.523. The van der Waals surface area contributed by atoms with Crippen molar-refractivity contribution in [1.82, 2.24) is 9.29 Å². The second-order valence-corrected chi connectivity index (χ2v) is 6.22. The van der Waals surface area contributed by atoms with Gasteiger partial charge in [0.1, 0.15) is 0 Å². The van der Waals surface area contributed by atoms with E-state index in [0.717, 1.165) is 6.42 Å². The molecule has 1 aromatic carbocycles. The van der Waals surface area contributed by atoms with Gasteiger partial charge >= 0.3 is 5.76 Å². The molecule has 2 aromatic rings. The summed E-state index contributed by atoms with van der Waals surface area (Å²) in [5.41, 5.74) is 6.15. The van der Waals surface area contributed by atoms with E-state index in [0.29, 0.717) is 25.0 Å². The maximum Gasteiger partial charge on any atom is 0.419 e. The van der Waals surface area contributed by atoms with Crippen molar-refractivity contribution < 1.29 is 12.8 Å². The molecule has 1 heterocycles. The fraction of sp³-hybridized carbons (Fsp3) is 0.417. The Morgan fingerprint density at radius 1 is 1.35 bits per heavy atom. The number of sulfonamides is 1. The molecular formula is C12H17N3O4S. The third-order valence-electron chi connectivity index (χ3n) is 3.00. The van der Waals surface area contributed by atoms with Gasteiger partial charge < -0.3 is 10.2 Å². The number of fused-ring (bicyclic) bond motifs is 1. The van der Waals surface area contributed by atoms with E-state index in [4.69, 9.17) is 10.2 Å². The first kappa shape index (κ1) is 14.8. The molecule has 0 spiro atoms. The Labute approximate surface area is 116 Å². The van der Waals surface area contributed by atoms with E-state index < -0.39 is 15.8 Å². The Hall–Kier alpha value is -1.64. The van der Waals surface area contributed by atoms with Crippen LogP contribution in [0.4, 0.5) is 0 Å². The summed E-state index contributed by atoms with van der Waals surface area (Å²) in [5, 5.41) is 0. The molecule has 20 heavy (non-hydrogen) atoms. The van der Waals surface area contributed by atoms with Crippen molar-refractivity contribution >= 4 is 21.1 Å². The molecule has 0 saturated heterocycles. The van der Waals surface area contributed by atoms with Crippen molar-refractivity contribution in [2.24, 2.45) is 12.8 Å². The van der Waals surface area contributed by atoms with Crippen LogP contribution in [0.3, 0.4) is 0 Å². The second kappa shape index (κ2) is 5.78. The van der Waals surface area contributed by atoms with Gasteiger partial charge in [0.2, 0.25) is 10.0 Å². The average Bonchev–Trinajstić information content (AvgIpc) is 2.70. The molecule has 0 atom stereocenters. The third kappa shape index (κ3) is 2.92. The highest BCUT2D eigenvalue weighted by molar-refractivity contribution is 7.89. The molecule has 0 unspecified atom stereocenters. The predicted molar refractivity (Wildman–Crippen MR) is 74.9 cm³/mol. The van der Waals surface area contributed by atoms with Crippen LogP contribution in [0.5, 0.6) is 0 Å². The van der Waals surface area contributed by atoms with Gasteiger partial charge in [-0.2, -0.15) is 0 Å². The lowest BCUT2D eigenvalue weighted by atomic mass is 10.3. The highest BCUT2D eigenvalue weighted by Gasteiger charge is 2.16. The van der Waals surface area contributed by atoms with Crippen LogP contribution in [-0.2, 0) is 17.1 Å². The number of nitrogens with two attached hydrogens (primary N) is 1. The molecule has 0 aliphatic rings. The lowest BCUT2D eigenvalue weighted by Crippen LogP contribution is -2.25. The highest BCUT2D eigenvalue weighted by Crippen LogP contribution is 2.17. The van der Waals surface area contributed by atoms with Crippen molar-refractivity contribution in [2.75, 3.05) is 13.1 Å². The van der Waals surface area contributed by atoms with E-state index in [9.17, 15) is 13.2 Å². The number of aromatic nitrogens is 1. The fourth-order valence-electron chi connectivity index (χ4n) is 1.84. The van der Waals surface area contributed by atoms with Gasteiger partial charge in [-0.05, 0) is 31.5 Å². The molecule has 0 radical (unpaired) electrons. The molecule has 1 aromatic heterocycles. The number of rotatable bonds is 6. The molecule has 0 aliphatic heterocycles. The molecule has 0 amide bonds. The summed E-state index contributed by atoms with van der Waals surface area (Å²) in [4.78, 5) is 11.4. The average molecular weight is 299 g/mol. The number of aryl methyl sites for hydroxylation is 1. The summed E-state index contributed by atoms with van der Waals surface area (Å²) in [6, 6.07) is 4.35. The van der Waals surface area contributed by atoms with Gasteiger partial charge in [0.15, 0.2) is 5.58 Å². The third-order valence-corrected chi connectivity index (χ3v) is 4.46. The maximum absolute atomic E-state index is 12.1. The smallest absolute Gasteiger partial charge is 0.408 e. The summed E-state index contributed by atoms with van der Waals surface area (Å²) < 4.78 is 32.9. The standard InChI is InChI=1S/C12H17N3O4S/c1-15-10-5-4-9(8-11(10)19-12(15)16)20(17,18)14-7-3-2-6-13/h4-5,8,14H,2-3,6-7,13H2,1H3. The Morgan fingerprint density at radius 2 is 2.10 bits per heavy atom. The zero-order valence-electron chi connectivity index (χ0n) is 11.1. The van der Waals surface area contributed by atoms with Gasteiger partial charge in [-0.15, -0.1) is 0 Å². The van der Waals surface area contributed by atoms with E-state index >= 15 is 0 Å². The van der Waals surface area contributed by atoms with Gasteiger partial charge in [-0.1, -0.05) is 0 Å². The quantitative estimate of drug-likeness (QED) is 0.738. The van der Waals surface area contributed by atoms with Crippen molar-refractivity contribution in [2.45, 2.75) is 17.7 Å². The first-order chi connectivity index (χ1) is 9.45. The molecular weight excluding hydrogens is 282 g/mol. The maximum atomic E-state index is 12.1. The number of nitrogens with zero attached hydrogens (tertiary/aromatic N) is 1. The van der Waals surface area contributed by atoms with Crippen molar-refractivity contribution in [3.63, 3.8) is 0 Å². The van der Waals surface area contributed by atoms with Crippen LogP contribution in [0.15, 0.2) is 32.3 Å². The second-order valence-electron chi connectivity index (χ2n) is 4.45. The Bertz CT molecular complexity index is 761. The number of nitrogens with one attached hydrogen (secondary N) is 1. The largest absolute Gasteiger partial charge is 0.419 e. The molecule has 0 saturated carbocycles. The van der Waals surface area contributed by atoms with Gasteiger partial charge in [0, 0.05) is 19.7 Å². The van der Waals surface area contributed by atoms with E-state index in [1.54, 1.807) is 13.1 Å². The molecule has 2 rings (SSSR count). The van der Waals surface area contributed by atoms with Crippen LogP contribution in [0.25, 0.3) is 11.1 Å². The SMILES string of the molecule is Cn1c(=O)oc2cc(S(=O)(=O)NCCCCN)ccc21. The summed E-state index contributed by atoms with van der Waals surface area (Å²) in [6.45, 7) is 0.860. The minimum absolute atomic E-state index is 0.0760. The van der Waals surface area contributed by atoms with E-state index in [-0.39, 0.29) is 10.5 Å². The minimum Gasteiger partial charge on any atom is -0.408 e. The predicted octanol–water partition coefficient (Wildman–Crippen LogP) is 0.149. The van der Waals surface area contributed by atoms with E-state index in [1.165, 1.54) is 16.7 Å². The summed E-state index contributed by atoms with van der Waals surface area (Å²) >= 11 is 0. The molecule has 7 nitrogen and oxygen atoms in total. The first-order valence-corrected chi connectivity index (χ1v) is 7.73. The molecule has 3 N–H and O–H groups in total. The zero-order valence-corrected chi connectivity index (χ0v) is 11.9. The van der Waals surface area contributed by atoms with E-state index in [2.05, 4.69) is 4.72 Å². The summed E-state index contributed by atoms with van der Waals surface area (Å²) in [6.07, 6.45) is 1.44. The lowest BCUT2D eigenvalue weighted by molar-refractivity contribution is 0.527. The monoisotopic (exact) mass is 299 g/mol. The van der Waals surface area contributed by atoms with Gasteiger partial charge in [-0.3, -0.25) is 4.57 Å². The Kier molecular flexibility index (Phi) is 4.26. The lowest BCUT2D eigenvalue weighted by Gasteiger charge is -2.06. The molecule has 8 heteroatoms. The van der Waals surface area contributed by atoms with Crippen LogP contribution in [0.2, 0.25) is 0 Å². The highest BCUT2D eigenvalue weighted by atomic mass is 32.2. The Morgan fingerprint density at radius 3 is 2.80 bits per heavy atom. The number of unbranched alkanes of at least 4 members (excludes halogenated alkanes) is 1.